The second kappa shape index (κ2) is 8.32. The van der Waals surface area contributed by atoms with Gasteiger partial charge in [-0.1, -0.05) is 35.3 Å². The van der Waals surface area contributed by atoms with Crippen LogP contribution in [0.15, 0.2) is 36.4 Å². The Morgan fingerprint density at radius 3 is 2.83 bits per heavy atom. The Labute approximate surface area is 183 Å². The monoisotopic (exact) mass is 454 g/mol. The van der Waals surface area contributed by atoms with Gasteiger partial charge in [0.2, 0.25) is 5.79 Å². The number of halogens is 3. The Balaban J connectivity index is 1.47. The van der Waals surface area contributed by atoms with Crippen molar-refractivity contribution >= 4 is 29.1 Å². The summed E-state index contributed by atoms with van der Waals surface area (Å²) in [4.78, 5) is 16.8. The number of rotatable bonds is 3. The fourth-order valence-corrected chi connectivity index (χ4v) is 4.32. The largest absolute Gasteiger partial charge is 0.495 e. The number of hydrogen-bond donors (Lipinski definition) is 1. The van der Waals surface area contributed by atoms with E-state index in [-0.39, 0.29) is 35.1 Å². The van der Waals surface area contributed by atoms with Crippen LogP contribution in [0.1, 0.15) is 15.9 Å². The average Bonchev–Trinajstić information content (AvgIpc) is 2.75. The van der Waals surface area contributed by atoms with Gasteiger partial charge in [0.05, 0.1) is 41.9 Å². The first-order valence-corrected chi connectivity index (χ1v) is 10.3. The topological polar surface area (TPSA) is 62.2 Å². The Morgan fingerprint density at radius 2 is 2.10 bits per heavy atom. The molecule has 0 aromatic heterocycles. The summed E-state index contributed by atoms with van der Waals surface area (Å²) in [5.41, 5.74) is 0.693. The third kappa shape index (κ3) is 3.88. The van der Waals surface area contributed by atoms with Gasteiger partial charge in [-0.15, -0.1) is 0 Å². The molecule has 160 valence electrons. The number of aliphatic hydroxyl groups is 1. The highest BCUT2D eigenvalue weighted by Gasteiger charge is 2.43. The summed E-state index contributed by atoms with van der Waals surface area (Å²) in [6.07, 6.45) is 0. The summed E-state index contributed by atoms with van der Waals surface area (Å²) in [5.74, 6) is -1.98. The molecule has 6 nitrogen and oxygen atoms in total. The van der Waals surface area contributed by atoms with Crippen molar-refractivity contribution in [3.8, 4) is 5.75 Å². The van der Waals surface area contributed by atoms with Crippen LogP contribution in [0.25, 0.3) is 0 Å². The molecule has 1 N–H and O–H groups in total. The van der Waals surface area contributed by atoms with Gasteiger partial charge >= 0.3 is 0 Å². The Bertz CT molecular complexity index is 976. The Kier molecular flexibility index (Phi) is 5.92. The molecule has 0 spiro atoms. The maximum Gasteiger partial charge on any atom is 0.255 e. The number of amides is 1. The molecule has 30 heavy (non-hydrogen) atoms. The molecule has 9 heteroatoms. The molecule has 2 fully saturated rings. The number of morpholine rings is 1. The number of piperazine rings is 1. The zero-order valence-electron chi connectivity index (χ0n) is 16.3. The summed E-state index contributed by atoms with van der Waals surface area (Å²) in [5, 5.41) is 11.2. The smallest absolute Gasteiger partial charge is 0.255 e. The highest BCUT2D eigenvalue weighted by atomic mass is 35.5. The molecule has 2 saturated heterocycles. The summed E-state index contributed by atoms with van der Waals surface area (Å²) in [6.45, 7) is 1.79. The van der Waals surface area contributed by atoms with Crippen molar-refractivity contribution in [2.45, 2.75) is 11.8 Å². The van der Waals surface area contributed by atoms with Crippen molar-refractivity contribution in [1.82, 2.24) is 9.80 Å². The molecule has 2 aromatic carbocycles. The first-order valence-electron chi connectivity index (χ1n) is 9.50. The van der Waals surface area contributed by atoms with Gasteiger partial charge in [-0.2, -0.15) is 0 Å². The van der Waals surface area contributed by atoms with Crippen LogP contribution in [0.2, 0.25) is 10.0 Å². The number of ether oxygens (including phenoxy) is 2. The lowest BCUT2D eigenvalue weighted by Gasteiger charge is -2.48. The molecule has 1 amide bonds. The minimum Gasteiger partial charge on any atom is -0.495 e. The van der Waals surface area contributed by atoms with Crippen LogP contribution in [-0.2, 0) is 10.5 Å². The van der Waals surface area contributed by atoms with Crippen LogP contribution in [0.3, 0.4) is 0 Å². The molecule has 2 aliphatic rings. The van der Waals surface area contributed by atoms with E-state index in [0.29, 0.717) is 36.5 Å². The zero-order valence-corrected chi connectivity index (χ0v) is 17.8. The molecule has 0 bridgehead atoms. The summed E-state index contributed by atoms with van der Waals surface area (Å²) >= 11 is 12.0. The molecule has 0 saturated carbocycles. The highest BCUT2D eigenvalue weighted by molar-refractivity contribution is 6.35. The third-order valence-electron chi connectivity index (χ3n) is 5.61. The van der Waals surface area contributed by atoms with E-state index >= 15 is 0 Å². The van der Waals surface area contributed by atoms with Crippen molar-refractivity contribution in [3.63, 3.8) is 0 Å². The Hall–Kier alpha value is -1.90. The van der Waals surface area contributed by atoms with E-state index in [1.54, 1.807) is 29.2 Å². The lowest BCUT2D eigenvalue weighted by atomic mass is 10.00. The molecule has 4 rings (SSSR count). The van der Waals surface area contributed by atoms with Gasteiger partial charge in [0.1, 0.15) is 11.6 Å². The molecule has 2 atom stereocenters. The third-order valence-corrected chi connectivity index (χ3v) is 6.30. The molecule has 0 radical (unpaired) electrons. The lowest BCUT2D eigenvalue weighted by molar-refractivity contribution is -0.265. The average molecular weight is 455 g/mol. The number of nitrogens with zero attached hydrogens (tertiary/aromatic N) is 2. The van der Waals surface area contributed by atoms with Crippen LogP contribution in [0.5, 0.6) is 5.75 Å². The van der Waals surface area contributed by atoms with E-state index in [0.717, 1.165) is 0 Å². The number of benzene rings is 2. The summed E-state index contributed by atoms with van der Waals surface area (Å²) < 4.78 is 24.8. The van der Waals surface area contributed by atoms with Crippen LogP contribution >= 0.6 is 23.2 Å². The van der Waals surface area contributed by atoms with E-state index in [1.165, 1.54) is 19.2 Å². The second-order valence-electron chi connectivity index (χ2n) is 7.42. The van der Waals surface area contributed by atoms with Gasteiger partial charge in [-0.05, 0) is 24.3 Å². The molecular formula is C21H21Cl2FN2O4. The standard InChI is InChI=1S/C21H21Cl2FN2O4/c1-29-18-4-2-3-15(19(18)23)20(27)25-7-8-26-12-21(28,30-11-14(26)10-25)13-5-6-16(22)17(24)9-13/h2-6,9,14,28H,7-8,10-12H2,1H3/t14-,21-/m0/s1. The van der Waals surface area contributed by atoms with E-state index in [4.69, 9.17) is 32.7 Å². The number of fused-ring (bicyclic) bond motifs is 1. The van der Waals surface area contributed by atoms with Gasteiger partial charge in [0.25, 0.3) is 5.91 Å². The van der Waals surface area contributed by atoms with Gasteiger partial charge in [-0.25, -0.2) is 4.39 Å². The van der Waals surface area contributed by atoms with Crippen LogP contribution in [0.4, 0.5) is 4.39 Å². The van der Waals surface area contributed by atoms with Gasteiger partial charge in [0, 0.05) is 25.2 Å². The molecule has 2 aromatic rings. The lowest BCUT2D eigenvalue weighted by Crippen LogP contribution is -2.63. The summed E-state index contributed by atoms with van der Waals surface area (Å²) in [7, 11) is 1.50. The quantitative estimate of drug-likeness (QED) is 0.771. The van der Waals surface area contributed by atoms with Gasteiger partial charge in [0.15, 0.2) is 0 Å². The number of methoxy groups -OCH3 is 1. The van der Waals surface area contributed by atoms with Gasteiger partial charge in [-0.3, -0.25) is 9.69 Å². The summed E-state index contributed by atoms with van der Waals surface area (Å²) in [6, 6.07) is 9.14. The van der Waals surface area contributed by atoms with Crippen molar-refractivity contribution in [2.75, 3.05) is 39.9 Å². The number of carbonyl (C=O) groups is 1. The van der Waals surface area contributed by atoms with Crippen LogP contribution in [-0.4, -0.2) is 66.8 Å². The fraction of sp³-hybridized carbons (Fsp3) is 0.381. The van der Waals surface area contributed by atoms with E-state index in [1.807, 2.05) is 4.90 Å². The number of hydrogen-bond acceptors (Lipinski definition) is 5. The minimum absolute atomic E-state index is 0.0145. The molecular weight excluding hydrogens is 434 g/mol. The predicted molar refractivity (Wildman–Crippen MR) is 111 cm³/mol. The van der Waals surface area contributed by atoms with E-state index in [9.17, 15) is 14.3 Å². The fourth-order valence-electron chi connectivity index (χ4n) is 3.92. The first-order chi connectivity index (χ1) is 14.3. The molecule has 0 aliphatic carbocycles. The minimum atomic E-state index is -1.63. The normalized spacial score (nSPS) is 24.4. The molecule has 2 aliphatic heterocycles. The second-order valence-corrected chi connectivity index (χ2v) is 8.21. The van der Waals surface area contributed by atoms with Crippen molar-refractivity contribution in [1.29, 1.82) is 0 Å². The Morgan fingerprint density at radius 1 is 1.30 bits per heavy atom. The van der Waals surface area contributed by atoms with Crippen molar-refractivity contribution in [2.24, 2.45) is 0 Å². The van der Waals surface area contributed by atoms with Crippen LogP contribution in [0, 0.1) is 5.82 Å². The molecule has 2 heterocycles. The SMILES string of the molecule is COc1cccc(C(=O)N2CCN3C[C@@](O)(c4ccc(Cl)c(F)c4)OC[C@@H]3C2)c1Cl. The maximum atomic E-state index is 13.8. The predicted octanol–water partition coefficient (Wildman–Crippen LogP) is 3.14. The first kappa shape index (κ1) is 21.3. The highest BCUT2D eigenvalue weighted by Crippen LogP contribution is 2.33. The maximum absolute atomic E-state index is 13.8. The van der Waals surface area contributed by atoms with E-state index < -0.39 is 11.6 Å². The van der Waals surface area contributed by atoms with E-state index in [2.05, 4.69) is 0 Å². The van der Waals surface area contributed by atoms with Crippen LogP contribution < -0.4 is 4.74 Å². The van der Waals surface area contributed by atoms with Crippen molar-refractivity contribution in [3.05, 3.63) is 63.4 Å². The van der Waals surface area contributed by atoms with Gasteiger partial charge < -0.3 is 19.5 Å². The number of carbonyl (C=O) groups excluding carboxylic acids is 1. The van der Waals surface area contributed by atoms with Crippen molar-refractivity contribution < 1.29 is 23.8 Å². The zero-order chi connectivity index (χ0) is 21.5. The molecule has 0 unspecified atom stereocenters.